The van der Waals surface area contributed by atoms with Gasteiger partial charge < -0.3 is 15.4 Å². The first-order valence-electron chi connectivity index (χ1n) is 4.06. The second-order valence-electron chi connectivity index (χ2n) is 2.65. The van der Waals surface area contributed by atoms with Crippen LogP contribution >= 0.6 is 12.2 Å². The van der Waals surface area contributed by atoms with E-state index in [0.717, 1.165) is 0 Å². The molecule has 0 radical (unpaired) electrons. The Balaban J connectivity index is 2.26. The third-order valence-electron chi connectivity index (χ3n) is 1.65. The standard InChI is InChI=1S/C8H12N2O2S/c1-2-4-9-8(13)10-6-3-5-12-7(6)11/h2,6H,1,3-5H2,(H2,9,10,13)/t6-/m0/s1. The first kappa shape index (κ1) is 9.98. The second kappa shape index (κ2) is 4.81. The molecular formula is C8H12N2O2S. The van der Waals surface area contributed by atoms with E-state index in [2.05, 4.69) is 17.2 Å². The van der Waals surface area contributed by atoms with Gasteiger partial charge in [-0.3, -0.25) is 0 Å². The fraction of sp³-hybridized carbons (Fsp3) is 0.500. The summed E-state index contributed by atoms with van der Waals surface area (Å²) in [5.41, 5.74) is 0. The molecule has 1 aliphatic rings. The molecular weight excluding hydrogens is 188 g/mol. The van der Waals surface area contributed by atoms with Crippen molar-refractivity contribution in [2.75, 3.05) is 13.2 Å². The smallest absolute Gasteiger partial charge is 0.328 e. The Morgan fingerprint density at radius 3 is 3.15 bits per heavy atom. The van der Waals surface area contributed by atoms with E-state index in [1.807, 2.05) is 0 Å². The third kappa shape index (κ3) is 3.02. The van der Waals surface area contributed by atoms with E-state index in [1.165, 1.54) is 0 Å². The van der Waals surface area contributed by atoms with E-state index in [1.54, 1.807) is 6.08 Å². The molecule has 0 aromatic heterocycles. The Morgan fingerprint density at radius 1 is 1.85 bits per heavy atom. The van der Waals surface area contributed by atoms with E-state index in [0.29, 0.717) is 24.7 Å². The number of rotatable bonds is 3. The van der Waals surface area contributed by atoms with Crippen LogP contribution in [-0.4, -0.2) is 30.3 Å². The Bertz CT molecular complexity index is 230. The molecule has 0 saturated carbocycles. The highest BCUT2D eigenvalue weighted by molar-refractivity contribution is 7.80. The van der Waals surface area contributed by atoms with Gasteiger partial charge in [0.15, 0.2) is 5.11 Å². The first-order chi connectivity index (χ1) is 6.24. The molecule has 0 amide bonds. The zero-order valence-electron chi connectivity index (χ0n) is 7.21. The van der Waals surface area contributed by atoms with Crippen molar-refractivity contribution in [2.24, 2.45) is 0 Å². The lowest BCUT2D eigenvalue weighted by atomic mass is 10.2. The number of nitrogens with one attached hydrogen (secondary N) is 2. The zero-order chi connectivity index (χ0) is 9.68. The summed E-state index contributed by atoms with van der Waals surface area (Å²) in [7, 11) is 0. The SMILES string of the molecule is C=CCNC(=S)N[C@H]1CCOC1=O. The molecule has 1 atom stereocenters. The van der Waals surface area contributed by atoms with Crippen LogP contribution in [0.2, 0.25) is 0 Å². The number of esters is 1. The van der Waals surface area contributed by atoms with E-state index in [-0.39, 0.29) is 12.0 Å². The first-order valence-corrected chi connectivity index (χ1v) is 4.46. The molecule has 1 rings (SSSR count). The van der Waals surface area contributed by atoms with Crippen molar-refractivity contribution in [3.8, 4) is 0 Å². The lowest BCUT2D eigenvalue weighted by Crippen LogP contribution is -2.43. The monoisotopic (exact) mass is 200 g/mol. The molecule has 1 saturated heterocycles. The van der Waals surface area contributed by atoms with Gasteiger partial charge in [0.05, 0.1) is 6.61 Å². The highest BCUT2D eigenvalue weighted by Gasteiger charge is 2.26. The van der Waals surface area contributed by atoms with Crippen molar-refractivity contribution >= 4 is 23.3 Å². The lowest BCUT2D eigenvalue weighted by Gasteiger charge is -2.11. The van der Waals surface area contributed by atoms with Crippen LogP contribution in [0.5, 0.6) is 0 Å². The molecule has 72 valence electrons. The number of thiocarbonyl (C=S) groups is 1. The molecule has 0 aromatic rings. The van der Waals surface area contributed by atoms with Gasteiger partial charge in [-0.2, -0.15) is 0 Å². The van der Waals surface area contributed by atoms with E-state index >= 15 is 0 Å². The number of hydrogen-bond acceptors (Lipinski definition) is 3. The van der Waals surface area contributed by atoms with E-state index in [4.69, 9.17) is 17.0 Å². The van der Waals surface area contributed by atoms with Gasteiger partial charge in [0, 0.05) is 13.0 Å². The van der Waals surface area contributed by atoms with Crippen LogP contribution in [0.3, 0.4) is 0 Å². The quantitative estimate of drug-likeness (QED) is 0.380. The Hall–Kier alpha value is -1.10. The van der Waals surface area contributed by atoms with Crippen molar-refractivity contribution in [1.29, 1.82) is 0 Å². The van der Waals surface area contributed by atoms with Crippen molar-refractivity contribution < 1.29 is 9.53 Å². The minimum atomic E-state index is -0.287. The summed E-state index contributed by atoms with van der Waals surface area (Å²) in [5.74, 6) is -0.234. The molecule has 0 bridgehead atoms. The summed E-state index contributed by atoms with van der Waals surface area (Å²) < 4.78 is 4.76. The summed E-state index contributed by atoms with van der Waals surface area (Å²) in [6.07, 6.45) is 2.37. The molecule has 0 spiro atoms. The van der Waals surface area contributed by atoms with Gasteiger partial charge in [-0.1, -0.05) is 6.08 Å². The maximum atomic E-state index is 11.0. The highest BCUT2D eigenvalue weighted by Crippen LogP contribution is 2.04. The highest BCUT2D eigenvalue weighted by atomic mass is 32.1. The number of carbonyl (C=O) groups is 1. The van der Waals surface area contributed by atoms with Crippen LogP contribution in [0.15, 0.2) is 12.7 Å². The number of hydrogen-bond donors (Lipinski definition) is 2. The van der Waals surface area contributed by atoms with E-state index in [9.17, 15) is 4.79 Å². The predicted octanol–water partition coefficient (Wildman–Crippen LogP) is -0.0480. The fourth-order valence-corrected chi connectivity index (χ4v) is 1.23. The molecule has 1 heterocycles. The van der Waals surface area contributed by atoms with Crippen molar-refractivity contribution in [3.63, 3.8) is 0 Å². The van der Waals surface area contributed by atoms with Gasteiger partial charge in [0.2, 0.25) is 0 Å². The minimum absolute atomic E-state index is 0.234. The number of cyclic esters (lactones) is 1. The Labute approximate surface area is 82.3 Å². The van der Waals surface area contributed by atoms with Gasteiger partial charge in [0.1, 0.15) is 6.04 Å². The normalized spacial score (nSPS) is 20.6. The topological polar surface area (TPSA) is 50.4 Å². The molecule has 0 unspecified atom stereocenters. The summed E-state index contributed by atoms with van der Waals surface area (Å²) in [5, 5.41) is 6.20. The molecule has 0 aliphatic carbocycles. The molecule has 13 heavy (non-hydrogen) atoms. The van der Waals surface area contributed by atoms with Crippen LogP contribution in [0.4, 0.5) is 0 Å². The van der Waals surface area contributed by atoms with Gasteiger partial charge in [-0.25, -0.2) is 4.79 Å². The largest absolute Gasteiger partial charge is 0.464 e. The zero-order valence-corrected chi connectivity index (χ0v) is 8.02. The lowest BCUT2D eigenvalue weighted by molar-refractivity contribution is -0.139. The summed E-state index contributed by atoms with van der Waals surface area (Å²) in [4.78, 5) is 11.0. The average molecular weight is 200 g/mol. The van der Waals surface area contributed by atoms with Crippen LogP contribution in [0.25, 0.3) is 0 Å². The predicted molar refractivity (Wildman–Crippen MR) is 53.3 cm³/mol. The van der Waals surface area contributed by atoms with Gasteiger partial charge >= 0.3 is 5.97 Å². The van der Waals surface area contributed by atoms with Crippen molar-refractivity contribution in [1.82, 2.24) is 10.6 Å². The maximum absolute atomic E-state index is 11.0. The summed E-state index contributed by atoms with van der Waals surface area (Å²) in [6.45, 7) is 4.60. The summed E-state index contributed by atoms with van der Waals surface area (Å²) in [6, 6.07) is -0.287. The molecule has 5 heteroatoms. The van der Waals surface area contributed by atoms with Gasteiger partial charge in [0.25, 0.3) is 0 Å². The minimum Gasteiger partial charge on any atom is -0.464 e. The summed E-state index contributed by atoms with van der Waals surface area (Å²) >= 11 is 4.93. The Kier molecular flexibility index (Phi) is 3.70. The van der Waals surface area contributed by atoms with Crippen LogP contribution in [-0.2, 0) is 9.53 Å². The van der Waals surface area contributed by atoms with E-state index < -0.39 is 0 Å². The molecule has 2 N–H and O–H groups in total. The molecule has 1 aliphatic heterocycles. The second-order valence-corrected chi connectivity index (χ2v) is 3.06. The fourth-order valence-electron chi connectivity index (χ4n) is 1.00. The molecule has 4 nitrogen and oxygen atoms in total. The Morgan fingerprint density at radius 2 is 2.62 bits per heavy atom. The van der Waals surface area contributed by atoms with Crippen molar-refractivity contribution in [2.45, 2.75) is 12.5 Å². The number of ether oxygens (including phenoxy) is 1. The van der Waals surface area contributed by atoms with Gasteiger partial charge in [-0.15, -0.1) is 6.58 Å². The van der Waals surface area contributed by atoms with Crippen LogP contribution in [0, 0.1) is 0 Å². The maximum Gasteiger partial charge on any atom is 0.328 e. The number of carbonyl (C=O) groups excluding carboxylic acids is 1. The molecule has 0 aromatic carbocycles. The van der Waals surface area contributed by atoms with Gasteiger partial charge in [-0.05, 0) is 12.2 Å². The molecule has 1 fully saturated rings. The van der Waals surface area contributed by atoms with Crippen LogP contribution < -0.4 is 10.6 Å². The average Bonchev–Trinajstić information content (AvgIpc) is 2.48. The third-order valence-corrected chi connectivity index (χ3v) is 1.91. The van der Waals surface area contributed by atoms with Crippen molar-refractivity contribution in [3.05, 3.63) is 12.7 Å². The van der Waals surface area contributed by atoms with Crippen LogP contribution in [0.1, 0.15) is 6.42 Å².